The molecule has 2 nitrogen and oxygen atoms in total. The lowest BCUT2D eigenvalue weighted by Crippen LogP contribution is -2.12. The van der Waals surface area contributed by atoms with Gasteiger partial charge in [0.15, 0.2) is 0 Å². The summed E-state index contributed by atoms with van der Waals surface area (Å²) in [5.74, 6) is 0. The zero-order valence-electron chi connectivity index (χ0n) is 27.3. The van der Waals surface area contributed by atoms with E-state index in [2.05, 4.69) is 187 Å². The highest BCUT2D eigenvalue weighted by Crippen LogP contribution is 2.47. The van der Waals surface area contributed by atoms with Crippen molar-refractivity contribution in [3.63, 3.8) is 0 Å². The highest BCUT2D eigenvalue weighted by Gasteiger charge is 2.22. The Morgan fingerprint density at radius 2 is 0.920 bits per heavy atom. The largest absolute Gasteiger partial charge is 0.456 e. The third kappa shape index (κ3) is 4.50. The molecule has 1 heterocycles. The van der Waals surface area contributed by atoms with Gasteiger partial charge < -0.3 is 9.32 Å². The summed E-state index contributed by atoms with van der Waals surface area (Å²) in [7, 11) is 0. The summed E-state index contributed by atoms with van der Waals surface area (Å²) in [6.07, 6.45) is 0. The summed E-state index contributed by atoms with van der Waals surface area (Å²) in [5, 5.41) is 9.64. The van der Waals surface area contributed by atoms with Crippen molar-refractivity contribution in [2.75, 3.05) is 4.90 Å². The minimum atomic E-state index is 0.889. The number of hydrogen-bond acceptors (Lipinski definition) is 2. The van der Waals surface area contributed by atoms with E-state index in [0.717, 1.165) is 50.1 Å². The van der Waals surface area contributed by atoms with Gasteiger partial charge in [-0.15, -0.1) is 0 Å². The van der Waals surface area contributed by atoms with Gasteiger partial charge in [-0.1, -0.05) is 152 Å². The molecule has 2 heteroatoms. The maximum Gasteiger partial charge on any atom is 0.136 e. The number of hydrogen-bond donors (Lipinski definition) is 0. The van der Waals surface area contributed by atoms with Gasteiger partial charge in [-0.3, -0.25) is 0 Å². The van der Waals surface area contributed by atoms with Crippen LogP contribution >= 0.6 is 0 Å². The number of rotatable bonds is 5. The SMILES string of the molecule is c1ccc(N(c2ccc(-c3cccc4ccccc34)cc2)c2cc3ccccc3c3ccccc23)c(-c2cccc3oc4ccccc4c23)c1. The quantitative estimate of drug-likeness (QED) is 0.175. The van der Waals surface area contributed by atoms with Crippen LogP contribution in [0.1, 0.15) is 0 Å². The van der Waals surface area contributed by atoms with Crippen molar-refractivity contribution in [3.05, 3.63) is 188 Å². The van der Waals surface area contributed by atoms with Gasteiger partial charge in [0.1, 0.15) is 11.2 Å². The first-order chi connectivity index (χ1) is 24.8. The molecule has 0 radical (unpaired) electrons. The van der Waals surface area contributed by atoms with Gasteiger partial charge >= 0.3 is 0 Å². The first-order valence-electron chi connectivity index (χ1n) is 17.1. The lowest BCUT2D eigenvalue weighted by molar-refractivity contribution is 0.669. The molecular formula is C48H31NO. The Hall–Kier alpha value is -6.64. The predicted molar refractivity (Wildman–Crippen MR) is 212 cm³/mol. The molecular weight excluding hydrogens is 607 g/mol. The van der Waals surface area contributed by atoms with Gasteiger partial charge in [-0.25, -0.2) is 0 Å². The number of furan rings is 1. The second kappa shape index (κ2) is 11.5. The van der Waals surface area contributed by atoms with Crippen LogP contribution < -0.4 is 4.90 Å². The first kappa shape index (κ1) is 28.4. The van der Waals surface area contributed by atoms with Crippen molar-refractivity contribution in [1.29, 1.82) is 0 Å². The maximum absolute atomic E-state index is 6.36. The smallest absolute Gasteiger partial charge is 0.136 e. The molecule has 0 unspecified atom stereocenters. The highest BCUT2D eigenvalue weighted by molar-refractivity contribution is 6.17. The lowest BCUT2D eigenvalue weighted by atomic mass is 9.95. The van der Waals surface area contributed by atoms with Crippen LogP contribution in [-0.4, -0.2) is 0 Å². The van der Waals surface area contributed by atoms with Crippen LogP contribution in [0.4, 0.5) is 17.1 Å². The molecule has 0 aliphatic heterocycles. The molecule has 1 aromatic heterocycles. The molecule has 0 saturated carbocycles. The van der Waals surface area contributed by atoms with Crippen molar-refractivity contribution in [2.24, 2.45) is 0 Å². The van der Waals surface area contributed by atoms with Crippen molar-refractivity contribution < 1.29 is 4.42 Å². The molecule has 0 atom stereocenters. The summed E-state index contributed by atoms with van der Waals surface area (Å²) in [5.41, 5.74) is 9.82. The summed E-state index contributed by atoms with van der Waals surface area (Å²) in [4.78, 5) is 2.44. The van der Waals surface area contributed by atoms with Crippen molar-refractivity contribution in [1.82, 2.24) is 0 Å². The van der Waals surface area contributed by atoms with E-state index in [1.807, 2.05) is 6.07 Å². The summed E-state index contributed by atoms with van der Waals surface area (Å²) in [6, 6.07) is 67.6. The topological polar surface area (TPSA) is 16.4 Å². The summed E-state index contributed by atoms with van der Waals surface area (Å²) < 4.78 is 6.36. The summed E-state index contributed by atoms with van der Waals surface area (Å²) >= 11 is 0. The third-order valence-electron chi connectivity index (χ3n) is 10.1. The molecule has 9 aromatic carbocycles. The Balaban J connectivity index is 1.24. The Morgan fingerprint density at radius 3 is 1.78 bits per heavy atom. The zero-order valence-corrected chi connectivity index (χ0v) is 27.3. The Bertz CT molecular complexity index is 2870. The van der Waals surface area contributed by atoms with Gasteiger partial charge in [-0.05, 0) is 80.0 Å². The van der Waals surface area contributed by atoms with E-state index in [-0.39, 0.29) is 0 Å². The number of fused-ring (bicyclic) bond motifs is 7. The van der Waals surface area contributed by atoms with Crippen molar-refractivity contribution >= 4 is 71.3 Å². The average Bonchev–Trinajstić information content (AvgIpc) is 3.57. The van der Waals surface area contributed by atoms with Gasteiger partial charge in [0, 0.05) is 27.4 Å². The molecule has 0 amide bonds. The Morgan fingerprint density at radius 1 is 0.340 bits per heavy atom. The second-order valence-electron chi connectivity index (χ2n) is 12.9. The average molecular weight is 638 g/mol. The van der Waals surface area contributed by atoms with E-state index in [1.54, 1.807) is 0 Å². The fourth-order valence-corrected chi connectivity index (χ4v) is 7.79. The lowest BCUT2D eigenvalue weighted by Gasteiger charge is -2.30. The third-order valence-corrected chi connectivity index (χ3v) is 10.1. The molecule has 0 aliphatic carbocycles. The van der Waals surface area contributed by atoms with Crippen LogP contribution in [0.5, 0.6) is 0 Å². The van der Waals surface area contributed by atoms with Crippen molar-refractivity contribution in [2.45, 2.75) is 0 Å². The summed E-state index contributed by atoms with van der Waals surface area (Å²) in [6.45, 7) is 0. The molecule has 234 valence electrons. The Labute approximate surface area is 290 Å². The minimum absolute atomic E-state index is 0.889. The second-order valence-corrected chi connectivity index (χ2v) is 12.9. The first-order valence-corrected chi connectivity index (χ1v) is 17.1. The van der Waals surface area contributed by atoms with E-state index in [0.29, 0.717) is 0 Å². The zero-order chi connectivity index (χ0) is 33.0. The van der Waals surface area contributed by atoms with Gasteiger partial charge in [0.2, 0.25) is 0 Å². The van der Waals surface area contributed by atoms with Crippen LogP contribution in [0.15, 0.2) is 192 Å². The molecule has 0 bridgehead atoms. The molecule has 0 N–H and O–H groups in total. The van der Waals surface area contributed by atoms with Crippen LogP contribution in [-0.2, 0) is 0 Å². The standard InChI is InChI=1S/C48H31NO/c1-3-16-36-32(13-1)15-11-22-37(36)33-27-29-35(30-28-33)49(45-31-34-14-2-4-17-38(34)39-18-5-6-19-40(39)45)44-24-9-7-20-41(44)42-23-12-26-47-48(42)43-21-8-10-25-46(43)50-47/h1-31H. The van der Waals surface area contributed by atoms with Crippen LogP contribution in [0.2, 0.25) is 0 Å². The van der Waals surface area contributed by atoms with Crippen LogP contribution in [0.3, 0.4) is 0 Å². The molecule has 0 saturated heterocycles. The van der Waals surface area contributed by atoms with E-state index >= 15 is 0 Å². The highest BCUT2D eigenvalue weighted by atomic mass is 16.3. The van der Waals surface area contributed by atoms with Crippen molar-refractivity contribution in [3.8, 4) is 22.3 Å². The van der Waals surface area contributed by atoms with Crippen LogP contribution in [0.25, 0.3) is 76.5 Å². The Kier molecular flexibility index (Phi) is 6.53. The molecule has 10 rings (SSSR count). The number of anilines is 3. The molecule has 50 heavy (non-hydrogen) atoms. The number of para-hydroxylation sites is 2. The van der Waals surface area contributed by atoms with E-state index in [1.165, 1.54) is 43.4 Å². The van der Waals surface area contributed by atoms with E-state index < -0.39 is 0 Å². The minimum Gasteiger partial charge on any atom is -0.456 e. The number of benzene rings is 9. The maximum atomic E-state index is 6.36. The molecule has 0 fully saturated rings. The fraction of sp³-hybridized carbons (Fsp3) is 0. The molecule has 10 aromatic rings. The van der Waals surface area contributed by atoms with Gasteiger partial charge in [0.25, 0.3) is 0 Å². The number of nitrogens with zero attached hydrogens (tertiary/aromatic N) is 1. The van der Waals surface area contributed by atoms with Gasteiger partial charge in [-0.2, -0.15) is 0 Å². The van der Waals surface area contributed by atoms with Crippen LogP contribution in [0, 0.1) is 0 Å². The predicted octanol–water partition coefficient (Wildman–Crippen LogP) is 13.8. The molecule has 0 aliphatic rings. The molecule has 0 spiro atoms. The van der Waals surface area contributed by atoms with E-state index in [9.17, 15) is 0 Å². The van der Waals surface area contributed by atoms with Gasteiger partial charge in [0.05, 0.1) is 11.4 Å². The van der Waals surface area contributed by atoms with E-state index in [4.69, 9.17) is 4.42 Å². The fourth-order valence-electron chi connectivity index (χ4n) is 7.79. The monoisotopic (exact) mass is 637 g/mol. The normalized spacial score (nSPS) is 11.6.